The molecule has 1 aromatic rings. The van der Waals surface area contributed by atoms with Crippen LogP contribution in [0.4, 0.5) is 0 Å². The summed E-state index contributed by atoms with van der Waals surface area (Å²) in [7, 11) is 1.73. The van der Waals surface area contributed by atoms with Crippen molar-refractivity contribution in [3.8, 4) is 0 Å². The second-order valence-electron chi connectivity index (χ2n) is 3.70. The maximum Gasteiger partial charge on any atom is 0.0615 e. The number of pyridine rings is 1. The summed E-state index contributed by atoms with van der Waals surface area (Å²) in [6.45, 7) is 5.02. The lowest BCUT2D eigenvalue weighted by molar-refractivity contribution is 0.159. The molecule has 0 aliphatic rings. The molecule has 0 saturated carbocycles. The highest BCUT2D eigenvalue weighted by molar-refractivity contribution is 5.07. The second-order valence-corrected chi connectivity index (χ2v) is 3.70. The minimum atomic E-state index is 0.270. The van der Waals surface area contributed by atoms with Crippen molar-refractivity contribution >= 4 is 0 Å². The first-order valence-electron chi connectivity index (χ1n) is 5.43. The van der Waals surface area contributed by atoms with Gasteiger partial charge >= 0.3 is 0 Å². The van der Waals surface area contributed by atoms with E-state index >= 15 is 0 Å². The Balaban J connectivity index is 2.50. The van der Waals surface area contributed by atoms with E-state index in [1.807, 2.05) is 24.4 Å². The molecule has 1 N–H and O–H groups in total. The minimum absolute atomic E-state index is 0.270. The van der Waals surface area contributed by atoms with Gasteiger partial charge in [0.05, 0.1) is 12.3 Å². The van der Waals surface area contributed by atoms with Crippen molar-refractivity contribution in [1.82, 2.24) is 10.3 Å². The first-order chi connectivity index (χ1) is 7.27. The maximum atomic E-state index is 5.15. The van der Waals surface area contributed by atoms with Gasteiger partial charge in [0.1, 0.15) is 0 Å². The molecule has 0 spiro atoms. The topological polar surface area (TPSA) is 34.1 Å². The maximum absolute atomic E-state index is 5.15. The smallest absolute Gasteiger partial charge is 0.0615 e. The van der Waals surface area contributed by atoms with Crippen molar-refractivity contribution < 1.29 is 4.74 Å². The van der Waals surface area contributed by atoms with Crippen LogP contribution in [0.25, 0.3) is 0 Å². The molecule has 0 amide bonds. The van der Waals surface area contributed by atoms with Gasteiger partial charge < -0.3 is 10.1 Å². The van der Waals surface area contributed by atoms with Crippen LogP contribution in [0.3, 0.4) is 0 Å². The van der Waals surface area contributed by atoms with Gasteiger partial charge in [-0.25, -0.2) is 0 Å². The molecule has 15 heavy (non-hydrogen) atoms. The summed E-state index contributed by atoms with van der Waals surface area (Å²) in [6.07, 6.45) is 2.88. The molecule has 2 atom stereocenters. The van der Waals surface area contributed by atoms with Crippen molar-refractivity contribution in [2.75, 3.05) is 13.7 Å². The number of aromatic nitrogens is 1. The number of rotatable bonds is 6. The zero-order chi connectivity index (χ0) is 11.1. The lowest BCUT2D eigenvalue weighted by atomic mass is 10.1. The van der Waals surface area contributed by atoms with Gasteiger partial charge in [0, 0.05) is 25.4 Å². The predicted octanol–water partition coefficient (Wildman–Crippen LogP) is 2.16. The number of hydrogen-bond donors (Lipinski definition) is 1. The fourth-order valence-corrected chi connectivity index (χ4v) is 1.56. The van der Waals surface area contributed by atoms with Crippen LogP contribution in [-0.4, -0.2) is 24.7 Å². The van der Waals surface area contributed by atoms with Crippen molar-refractivity contribution in [3.05, 3.63) is 30.1 Å². The van der Waals surface area contributed by atoms with Crippen molar-refractivity contribution in [2.24, 2.45) is 0 Å². The molecule has 1 heterocycles. The minimum Gasteiger partial charge on any atom is -0.383 e. The predicted molar refractivity (Wildman–Crippen MR) is 61.7 cm³/mol. The summed E-state index contributed by atoms with van der Waals surface area (Å²) < 4.78 is 5.15. The Kier molecular flexibility index (Phi) is 5.29. The molecule has 0 bridgehead atoms. The van der Waals surface area contributed by atoms with E-state index in [4.69, 9.17) is 4.74 Å². The Morgan fingerprint density at radius 3 is 2.80 bits per heavy atom. The summed E-state index contributed by atoms with van der Waals surface area (Å²) in [4.78, 5) is 4.32. The fraction of sp³-hybridized carbons (Fsp3) is 0.583. The molecule has 0 fully saturated rings. The Morgan fingerprint density at radius 1 is 1.47 bits per heavy atom. The van der Waals surface area contributed by atoms with Crippen LogP contribution >= 0.6 is 0 Å². The van der Waals surface area contributed by atoms with Crippen LogP contribution in [0, 0.1) is 0 Å². The van der Waals surface area contributed by atoms with Crippen molar-refractivity contribution in [1.29, 1.82) is 0 Å². The Morgan fingerprint density at radius 2 is 2.27 bits per heavy atom. The van der Waals surface area contributed by atoms with E-state index in [1.165, 1.54) is 0 Å². The summed E-state index contributed by atoms with van der Waals surface area (Å²) in [6, 6.07) is 6.65. The van der Waals surface area contributed by atoms with E-state index in [0.29, 0.717) is 6.04 Å². The number of nitrogens with zero attached hydrogens (tertiary/aromatic N) is 1. The average Bonchev–Trinajstić information content (AvgIpc) is 2.29. The van der Waals surface area contributed by atoms with Gasteiger partial charge in [-0.2, -0.15) is 0 Å². The highest BCUT2D eigenvalue weighted by atomic mass is 16.5. The molecule has 0 saturated heterocycles. The van der Waals surface area contributed by atoms with Crippen molar-refractivity contribution in [2.45, 2.75) is 32.4 Å². The Bertz CT molecular complexity index is 264. The number of ether oxygens (including phenoxy) is 1. The lowest BCUT2D eigenvalue weighted by Gasteiger charge is -2.21. The van der Waals surface area contributed by atoms with Crippen molar-refractivity contribution in [3.63, 3.8) is 0 Å². The van der Waals surface area contributed by atoms with Gasteiger partial charge in [0.25, 0.3) is 0 Å². The number of methoxy groups -OCH3 is 1. The van der Waals surface area contributed by atoms with Gasteiger partial charge in [0.2, 0.25) is 0 Å². The van der Waals surface area contributed by atoms with E-state index in [1.54, 1.807) is 7.11 Å². The highest BCUT2D eigenvalue weighted by Crippen LogP contribution is 2.09. The van der Waals surface area contributed by atoms with E-state index < -0.39 is 0 Å². The normalized spacial score (nSPS) is 14.9. The van der Waals surface area contributed by atoms with Crippen LogP contribution in [0.1, 0.15) is 32.0 Å². The third-order valence-electron chi connectivity index (χ3n) is 2.48. The SMILES string of the molecule is CC[C@@H](COC)N[C@H](C)c1ccccn1. The number of hydrogen-bond acceptors (Lipinski definition) is 3. The monoisotopic (exact) mass is 208 g/mol. The molecule has 0 unspecified atom stereocenters. The van der Waals surface area contributed by atoms with Gasteiger partial charge in [0.15, 0.2) is 0 Å². The third kappa shape index (κ3) is 3.98. The quantitative estimate of drug-likeness (QED) is 0.778. The molecule has 0 radical (unpaired) electrons. The molecule has 3 nitrogen and oxygen atoms in total. The van der Waals surface area contributed by atoms with E-state index in [0.717, 1.165) is 18.7 Å². The van der Waals surface area contributed by atoms with Crippen LogP contribution in [0.2, 0.25) is 0 Å². The van der Waals surface area contributed by atoms with E-state index in [2.05, 4.69) is 24.1 Å². The van der Waals surface area contributed by atoms with Crippen LogP contribution < -0.4 is 5.32 Å². The van der Waals surface area contributed by atoms with Gasteiger partial charge in [-0.1, -0.05) is 13.0 Å². The zero-order valence-electron chi connectivity index (χ0n) is 9.73. The molecule has 0 aromatic carbocycles. The van der Waals surface area contributed by atoms with Gasteiger partial charge in [-0.3, -0.25) is 4.98 Å². The highest BCUT2D eigenvalue weighted by Gasteiger charge is 2.11. The molecule has 1 aromatic heterocycles. The van der Waals surface area contributed by atoms with E-state index in [9.17, 15) is 0 Å². The van der Waals surface area contributed by atoms with Gasteiger partial charge in [-0.05, 0) is 25.5 Å². The molecule has 3 heteroatoms. The number of nitrogens with one attached hydrogen (secondary N) is 1. The molecule has 0 aliphatic carbocycles. The first-order valence-corrected chi connectivity index (χ1v) is 5.43. The summed E-state index contributed by atoms with van der Waals surface area (Å²) >= 11 is 0. The molecule has 1 rings (SSSR count). The molecular formula is C12H20N2O. The molecular weight excluding hydrogens is 188 g/mol. The second kappa shape index (κ2) is 6.53. The van der Waals surface area contributed by atoms with Crippen LogP contribution in [0.15, 0.2) is 24.4 Å². The summed E-state index contributed by atoms with van der Waals surface area (Å²) in [5.74, 6) is 0. The van der Waals surface area contributed by atoms with Crippen LogP contribution in [-0.2, 0) is 4.74 Å². The van der Waals surface area contributed by atoms with Crippen LogP contribution in [0.5, 0.6) is 0 Å². The largest absolute Gasteiger partial charge is 0.383 e. The Hall–Kier alpha value is -0.930. The fourth-order valence-electron chi connectivity index (χ4n) is 1.56. The Labute approximate surface area is 91.9 Å². The van der Waals surface area contributed by atoms with Gasteiger partial charge in [-0.15, -0.1) is 0 Å². The summed E-state index contributed by atoms with van der Waals surface area (Å²) in [5.41, 5.74) is 1.08. The first kappa shape index (κ1) is 12.1. The average molecular weight is 208 g/mol. The van der Waals surface area contributed by atoms with E-state index in [-0.39, 0.29) is 6.04 Å². The molecule has 84 valence electrons. The zero-order valence-corrected chi connectivity index (χ0v) is 9.73. The summed E-state index contributed by atoms with van der Waals surface area (Å²) in [5, 5.41) is 3.50. The molecule has 0 aliphatic heterocycles. The standard InChI is InChI=1S/C12H20N2O/c1-4-11(9-15-3)14-10(2)12-7-5-6-8-13-12/h5-8,10-11,14H,4,9H2,1-3H3/t10-,11+/m1/s1. The lowest BCUT2D eigenvalue weighted by Crippen LogP contribution is -2.34. The third-order valence-corrected chi connectivity index (χ3v) is 2.48.